The van der Waals surface area contributed by atoms with Crippen LogP contribution >= 0.6 is 0 Å². The van der Waals surface area contributed by atoms with Crippen molar-refractivity contribution in [3.8, 4) is 0 Å². The van der Waals surface area contributed by atoms with Gasteiger partial charge in [0.1, 0.15) is 5.82 Å². The van der Waals surface area contributed by atoms with Crippen LogP contribution < -0.4 is 10.8 Å². The van der Waals surface area contributed by atoms with E-state index in [4.69, 9.17) is 5.21 Å². The molecule has 1 atom stereocenters. The number of carbonyl (C=O) groups excluding carboxylic acids is 1. The van der Waals surface area contributed by atoms with E-state index in [9.17, 15) is 9.18 Å². The first-order chi connectivity index (χ1) is 12.6. The van der Waals surface area contributed by atoms with Crippen molar-refractivity contribution in [2.75, 3.05) is 25.0 Å². The number of hydrogen-bond acceptors (Lipinski definition) is 5. The second-order valence-corrected chi connectivity index (χ2v) is 7.30. The van der Waals surface area contributed by atoms with Crippen molar-refractivity contribution in [1.82, 2.24) is 15.4 Å². The highest BCUT2D eigenvalue weighted by molar-refractivity contribution is 5.94. The Labute approximate surface area is 153 Å². The van der Waals surface area contributed by atoms with Crippen LogP contribution in [0.4, 0.5) is 10.2 Å². The van der Waals surface area contributed by atoms with E-state index in [2.05, 4.69) is 15.2 Å². The zero-order valence-electron chi connectivity index (χ0n) is 15.0. The molecule has 1 aliphatic carbocycles. The van der Waals surface area contributed by atoms with Crippen LogP contribution in [0, 0.1) is 5.92 Å². The summed E-state index contributed by atoms with van der Waals surface area (Å²) >= 11 is 0. The van der Waals surface area contributed by atoms with Crippen molar-refractivity contribution in [3.05, 3.63) is 29.7 Å². The molecule has 1 amide bonds. The van der Waals surface area contributed by atoms with Gasteiger partial charge in [0.25, 0.3) is 0 Å². The minimum absolute atomic E-state index is 0.379. The van der Waals surface area contributed by atoms with Crippen LogP contribution in [0.1, 0.15) is 44.1 Å². The lowest BCUT2D eigenvalue weighted by atomic mass is 9.89. The van der Waals surface area contributed by atoms with Gasteiger partial charge in [0, 0.05) is 31.9 Å². The van der Waals surface area contributed by atoms with Gasteiger partial charge in [-0.25, -0.2) is 14.9 Å². The minimum Gasteiger partial charge on any atom is -0.366 e. The zero-order chi connectivity index (χ0) is 18.4. The Hall–Kier alpha value is -1.99. The van der Waals surface area contributed by atoms with E-state index < -0.39 is 11.7 Å². The van der Waals surface area contributed by atoms with Gasteiger partial charge >= 0.3 is 5.91 Å². The minimum atomic E-state index is -1.17. The summed E-state index contributed by atoms with van der Waals surface area (Å²) in [6.45, 7) is 3.36. The van der Waals surface area contributed by atoms with Crippen molar-refractivity contribution >= 4 is 17.8 Å². The molecule has 3 rings (SSSR count). The molecular formula is C19H27FN4O2. The lowest BCUT2D eigenvalue weighted by Gasteiger charge is -2.26. The van der Waals surface area contributed by atoms with Crippen LogP contribution in [0.15, 0.2) is 24.2 Å². The number of carbonyl (C=O) groups is 1. The molecule has 1 saturated heterocycles. The van der Waals surface area contributed by atoms with Crippen LogP contribution in [0.2, 0.25) is 0 Å². The van der Waals surface area contributed by atoms with Crippen LogP contribution in [0.25, 0.3) is 6.08 Å². The average Bonchev–Trinajstić information content (AvgIpc) is 3.10. The fourth-order valence-corrected chi connectivity index (χ4v) is 3.90. The Balaban J connectivity index is 1.48. The molecule has 3 N–H and O–H groups in total. The van der Waals surface area contributed by atoms with Crippen molar-refractivity contribution in [3.63, 3.8) is 0 Å². The van der Waals surface area contributed by atoms with Crippen molar-refractivity contribution in [2.24, 2.45) is 5.92 Å². The third kappa shape index (κ3) is 5.25. The first-order valence-corrected chi connectivity index (χ1v) is 9.40. The maximum Gasteiger partial charge on any atom is 0.303 e. The number of amides is 1. The van der Waals surface area contributed by atoms with Gasteiger partial charge in [-0.3, -0.25) is 10.0 Å². The Morgan fingerprint density at radius 3 is 2.81 bits per heavy atom. The summed E-state index contributed by atoms with van der Waals surface area (Å²) in [4.78, 5) is 17.8. The van der Waals surface area contributed by atoms with E-state index in [1.807, 2.05) is 0 Å². The molecular weight excluding hydrogens is 335 g/mol. The molecule has 142 valence electrons. The van der Waals surface area contributed by atoms with E-state index in [0.717, 1.165) is 37.3 Å². The van der Waals surface area contributed by atoms with Crippen molar-refractivity contribution in [2.45, 2.75) is 44.6 Å². The standard InChI is InChI=1S/C19H27FN4O2/c20-17(19(25)23-26)10-15-6-7-18(21-11-15)22-16-8-9-24(13-16)12-14-4-2-1-3-5-14/h6-7,10-11,14,16,26H,1-5,8-9,12-13H2,(H,21,22)(H,23,25)/t16-/m1/s1. The first-order valence-electron chi connectivity index (χ1n) is 9.40. The normalized spacial score (nSPS) is 22.4. The summed E-state index contributed by atoms with van der Waals surface area (Å²) < 4.78 is 13.4. The molecule has 0 spiro atoms. The van der Waals surface area contributed by atoms with E-state index in [1.165, 1.54) is 50.3 Å². The molecule has 2 heterocycles. The molecule has 1 saturated carbocycles. The molecule has 1 aromatic heterocycles. The number of likely N-dealkylation sites (tertiary alicyclic amines) is 1. The molecule has 0 aromatic carbocycles. The number of aromatic nitrogens is 1. The van der Waals surface area contributed by atoms with E-state index in [1.54, 1.807) is 12.1 Å². The number of pyridine rings is 1. The summed E-state index contributed by atoms with van der Waals surface area (Å²) in [5, 5.41) is 11.8. The molecule has 1 aliphatic heterocycles. The molecule has 26 heavy (non-hydrogen) atoms. The third-order valence-electron chi connectivity index (χ3n) is 5.26. The quantitative estimate of drug-likeness (QED) is 0.412. The van der Waals surface area contributed by atoms with Crippen molar-refractivity contribution in [1.29, 1.82) is 0 Å². The van der Waals surface area contributed by atoms with Gasteiger partial charge in [-0.15, -0.1) is 0 Å². The summed E-state index contributed by atoms with van der Waals surface area (Å²) in [6.07, 6.45) is 10.5. The predicted octanol–water partition coefficient (Wildman–Crippen LogP) is 2.96. The molecule has 6 nitrogen and oxygen atoms in total. The van der Waals surface area contributed by atoms with Gasteiger partial charge in [-0.2, -0.15) is 0 Å². The average molecular weight is 362 g/mol. The summed E-state index contributed by atoms with van der Waals surface area (Å²) in [7, 11) is 0. The lowest BCUT2D eigenvalue weighted by molar-refractivity contribution is -0.126. The third-order valence-corrected chi connectivity index (χ3v) is 5.26. The van der Waals surface area contributed by atoms with E-state index >= 15 is 0 Å². The Bertz CT molecular complexity index is 629. The molecule has 7 heteroatoms. The van der Waals surface area contributed by atoms with Gasteiger partial charge in [0.15, 0.2) is 5.83 Å². The van der Waals surface area contributed by atoms with Gasteiger partial charge in [0.05, 0.1) is 0 Å². The van der Waals surface area contributed by atoms with Gasteiger partial charge in [-0.05, 0) is 49.0 Å². The molecule has 2 fully saturated rings. The molecule has 2 aliphatic rings. The highest BCUT2D eigenvalue weighted by Gasteiger charge is 2.25. The zero-order valence-corrected chi connectivity index (χ0v) is 15.0. The maximum atomic E-state index is 13.4. The molecule has 0 bridgehead atoms. The Morgan fingerprint density at radius 1 is 1.31 bits per heavy atom. The predicted molar refractivity (Wildman–Crippen MR) is 98.3 cm³/mol. The Morgan fingerprint density at radius 2 is 2.12 bits per heavy atom. The van der Waals surface area contributed by atoms with Gasteiger partial charge < -0.3 is 10.2 Å². The number of rotatable bonds is 6. The van der Waals surface area contributed by atoms with Crippen LogP contribution in [-0.4, -0.2) is 46.7 Å². The number of nitrogens with one attached hydrogen (secondary N) is 2. The fourth-order valence-electron chi connectivity index (χ4n) is 3.90. The second kappa shape index (κ2) is 9.09. The molecule has 0 unspecified atom stereocenters. The number of halogens is 1. The number of hydroxylamine groups is 1. The number of nitrogens with zero attached hydrogens (tertiary/aromatic N) is 2. The topological polar surface area (TPSA) is 77.5 Å². The van der Waals surface area contributed by atoms with Crippen molar-refractivity contribution < 1.29 is 14.4 Å². The summed E-state index contributed by atoms with van der Waals surface area (Å²) in [6, 6.07) is 3.85. The van der Waals surface area contributed by atoms with Crippen LogP contribution in [0.5, 0.6) is 0 Å². The molecule has 1 aromatic rings. The lowest BCUT2D eigenvalue weighted by Crippen LogP contribution is -2.31. The fraction of sp³-hybridized carbons (Fsp3) is 0.579. The monoisotopic (exact) mass is 362 g/mol. The largest absolute Gasteiger partial charge is 0.366 e. The molecule has 0 radical (unpaired) electrons. The van der Waals surface area contributed by atoms with E-state index in [0.29, 0.717) is 11.6 Å². The first kappa shape index (κ1) is 18.8. The summed E-state index contributed by atoms with van der Waals surface area (Å²) in [5.41, 5.74) is 1.72. The van der Waals surface area contributed by atoms with Crippen LogP contribution in [0.3, 0.4) is 0 Å². The Kier molecular flexibility index (Phi) is 6.57. The second-order valence-electron chi connectivity index (χ2n) is 7.30. The van der Waals surface area contributed by atoms with Gasteiger partial charge in [-0.1, -0.05) is 19.3 Å². The van der Waals surface area contributed by atoms with E-state index in [-0.39, 0.29) is 0 Å². The van der Waals surface area contributed by atoms with Crippen LogP contribution in [-0.2, 0) is 4.79 Å². The number of hydrogen-bond donors (Lipinski definition) is 3. The SMILES string of the molecule is O=C(NO)C(F)=Cc1ccc(N[C@@H]2CCN(CC3CCCCC3)C2)nc1. The highest BCUT2D eigenvalue weighted by atomic mass is 19.1. The highest BCUT2D eigenvalue weighted by Crippen LogP contribution is 2.26. The number of anilines is 1. The smallest absolute Gasteiger partial charge is 0.303 e. The van der Waals surface area contributed by atoms with Gasteiger partial charge in [0.2, 0.25) is 0 Å². The summed E-state index contributed by atoms with van der Waals surface area (Å²) in [5.74, 6) is -0.628. The maximum absolute atomic E-state index is 13.4.